The second kappa shape index (κ2) is 6.74. The van der Waals surface area contributed by atoms with E-state index in [4.69, 9.17) is 4.74 Å². The summed E-state index contributed by atoms with van der Waals surface area (Å²) in [4.78, 5) is 54.3. The molecule has 1 spiro atoms. The first kappa shape index (κ1) is 18.1. The molecule has 1 saturated heterocycles. The summed E-state index contributed by atoms with van der Waals surface area (Å²) in [5, 5.41) is 2.71. The van der Waals surface area contributed by atoms with Gasteiger partial charge in [0.1, 0.15) is 24.3 Å². The van der Waals surface area contributed by atoms with Crippen molar-refractivity contribution in [1.29, 1.82) is 0 Å². The smallest absolute Gasteiger partial charge is 0.326 e. The molecule has 9 heteroatoms. The number of imide groups is 1. The molecule has 3 heterocycles. The minimum atomic E-state index is -0.857. The highest BCUT2D eigenvalue weighted by Crippen LogP contribution is 2.34. The number of fused-ring (bicyclic) bond motifs is 1. The molecule has 1 saturated carbocycles. The Bertz CT molecular complexity index is 1040. The predicted octanol–water partition coefficient (Wildman–Crippen LogP) is 0.911. The maximum absolute atomic E-state index is 12.6. The molecule has 2 aliphatic rings. The number of aryl methyl sites for hydroxylation is 1. The maximum atomic E-state index is 12.6. The van der Waals surface area contributed by atoms with Gasteiger partial charge in [-0.25, -0.2) is 9.78 Å². The van der Waals surface area contributed by atoms with Crippen molar-refractivity contribution < 1.29 is 19.1 Å². The van der Waals surface area contributed by atoms with Crippen LogP contribution < -0.4 is 10.9 Å². The lowest BCUT2D eigenvalue weighted by molar-refractivity contribution is -0.148. The van der Waals surface area contributed by atoms with Gasteiger partial charge in [0.15, 0.2) is 0 Å². The largest absolute Gasteiger partial charge is 0.458 e. The average molecular weight is 384 g/mol. The number of hydrogen-bond donors (Lipinski definition) is 1. The minimum absolute atomic E-state index is 0.215. The molecular weight excluding hydrogens is 364 g/mol. The van der Waals surface area contributed by atoms with Crippen molar-refractivity contribution in [3.63, 3.8) is 0 Å². The van der Waals surface area contributed by atoms with E-state index in [2.05, 4.69) is 10.3 Å². The molecular formula is C19H20N4O5. The number of ether oxygens (including phenoxy) is 1. The number of hydrogen-bond acceptors (Lipinski definition) is 6. The standard InChI is InChI=1S/C19H20N4O5/c1-12-5-4-6-14-20-13(9-15(24)23(12)14)11-28-16(25)10-22-17(26)19(21-18(22)27)7-2-3-8-19/h4-6,9H,2-3,7-8,10-11H2,1H3,(H,21,27). The molecule has 2 aromatic heterocycles. The first-order valence-corrected chi connectivity index (χ1v) is 9.18. The van der Waals surface area contributed by atoms with E-state index >= 15 is 0 Å². The van der Waals surface area contributed by atoms with Crippen LogP contribution in [-0.2, 0) is 20.9 Å². The van der Waals surface area contributed by atoms with E-state index in [1.54, 1.807) is 25.1 Å². The zero-order valence-electron chi connectivity index (χ0n) is 15.4. The highest BCUT2D eigenvalue weighted by atomic mass is 16.5. The molecule has 2 fully saturated rings. The lowest BCUT2D eigenvalue weighted by atomic mass is 9.98. The fourth-order valence-electron chi connectivity index (χ4n) is 3.90. The van der Waals surface area contributed by atoms with Crippen molar-refractivity contribution in [2.45, 2.75) is 44.8 Å². The van der Waals surface area contributed by atoms with E-state index < -0.39 is 24.1 Å². The summed E-state index contributed by atoms with van der Waals surface area (Å²) in [6.07, 6.45) is 2.92. The highest BCUT2D eigenvalue weighted by Gasteiger charge is 2.52. The molecule has 3 amide bonds. The Morgan fingerprint density at radius 3 is 2.75 bits per heavy atom. The number of pyridine rings is 1. The topological polar surface area (TPSA) is 110 Å². The van der Waals surface area contributed by atoms with Gasteiger partial charge in [-0.3, -0.25) is 23.7 Å². The Labute approximate surface area is 160 Å². The van der Waals surface area contributed by atoms with E-state index in [9.17, 15) is 19.2 Å². The van der Waals surface area contributed by atoms with Gasteiger partial charge in [0.25, 0.3) is 11.5 Å². The molecule has 0 bridgehead atoms. The SMILES string of the molecule is Cc1cccc2nc(COC(=O)CN3C(=O)NC4(CCCC4)C3=O)cc(=O)n12. The third-order valence-corrected chi connectivity index (χ3v) is 5.30. The van der Waals surface area contributed by atoms with Gasteiger partial charge in [-0.05, 0) is 31.9 Å². The molecule has 1 N–H and O–H groups in total. The molecule has 4 rings (SSSR count). The normalized spacial score (nSPS) is 18.1. The Morgan fingerprint density at radius 1 is 1.25 bits per heavy atom. The summed E-state index contributed by atoms with van der Waals surface area (Å²) in [5.41, 5.74) is 0.373. The summed E-state index contributed by atoms with van der Waals surface area (Å²) in [6, 6.07) is 6.00. The Morgan fingerprint density at radius 2 is 2.00 bits per heavy atom. The van der Waals surface area contributed by atoms with Gasteiger partial charge in [-0.2, -0.15) is 0 Å². The quantitative estimate of drug-likeness (QED) is 0.620. The summed E-state index contributed by atoms with van der Waals surface area (Å²) < 4.78 is 6.61. The van der Waals surface area contributed by atoms with Crippen LogP contribution in [0.5, 0.6) is 0 Å². The number of aromatic nitrogens is 2. The van der Waals surface area contributed by atoms with Crippen molar-refractivity contribution in [3.8, 4) is 0 Å². The van der Waals surface area contributed by atoms with Crippen LogP contribution in [-0.4, -0.2) is 44.3 Å². The van der Waals surface area contributed by atoms with Gasteiger partial charge >= 0.3 is 12.0 Å². The van der Waals surface area contributed by atoms with E-state index in [0.29, 0.717) is 24.2 Å². The number of nitrogens with zero attached hydrogens (tertiary/aromatic N) is 3. The predicted molar refractivity (Wildman–Crippen MR) is 97.4 cm³/mol. The first-order valence-electron chi connectivity index (χ1n) is 9.18. The van der Waals surface area contributed by atoms with Gasteiger partial charge in [0.05, 0.1) is 5.69 Å². The average Bonchev–Trinajstić information content (AvgIpc) is 3.21. The number of urea groups is 1. The molecule has 146 valence electrons. The van der Waals surface area contributed by atoms with E-state index in [1.165, 1.54) is 10.5 Å². The van der Waals surface area contributed by atoms with Crippen molar-refractivity contribution in [2.75, 3.05) is 6.54 Å². The van der Waals surface area contributed by atoms with Crippen LogP contribution in [0.15, 0.2) is 29.1 Å². The number of carbonyl (C=O) groups is 3. The summed E-state index contributed by atoms with van der Waals surface area (Å²) in [6.45, 7) is 1.12. The van der Waals surface area contributed by atoms with Crippen molar-refractivity contribution in [3.05, 3.63) is 46.0 Å². The van der Waals surface area contributed by atoms with Gasteiger partial charge in [0, 0.05) is 11.8 Å². The molecule has 1 aliphatic heterocycles. The molecule has 28 heavy (non-hydrogen) atoms. The zero-order valence-corrected chi connectivity index (χ0v) is 15.4. The first-order chi connectivity index (χ1) is 13.4. The maximum Gasteiger partial charge on any atom is 0.326 e. The van der Waals surface area contributed by atoms with Crippen LogP contribution in [0.4, 0.5) is 4.79 Å². The number of esters is 1. The van der Waals surface area contributed by atoms with Gasteiger partial charge < -0.3 is 10.1 Å². The van der Waals surface area contributed by atoms with Crippen LogP contribution in [0.25, 0.3) is 5.65 Å². The molecule has 0 radical (unpaired) electrons. The zero-order chi connectivity index (χ0) is 19.9. The van der Waals surface area contributed by atoms with E-state index in [-0.39, 0.29) is 18.1 Å². The summed E-state index contributed by atoms with van der Waals surface area (Å²) >= 11 is 0. The van der Waals surface area contributed by atoms with Crippen LogP contribution in [0, 0.1) is 6.92 Å². The fraction of sp³-hybridized carbons (Fsp3) is 0.421. The molecule has 0 atom stereocenters. The monoisotopic (exact) mass is 384 g/mol. The lowest BCUT2D eigenvalue weighted by Gasteiger charge is -2.19. The second-order valence-corrected chi connectivity index (χ2v) is 7.22. The van der Waals surface area contributed by atoms with Crippen molar-refractivity contribution >= 4 is 23.6 Å². The van der Waals surface area contributed by atoms with E-state index in [1.807, 2.05) is 0 Å². The van der Waals surface area contributed by atoms with E-state index in [0.717, 1.165) is 23.4 Å². The van der Waals surface area contributed by atoms with Gasteiger partial charge in [-0.1, -0.05) is 18.9 Å². The number of nitrogens with one attached hydrogen (secondary N) is 1. The molecule has 0 unspecified atom stereocenters. The Kier molecular flexibility index (Phi) is 4.37. The van der Waals surface area contributed by atoms with Gasteiger partial charge in [0.2, 0.25) is 0 Å². The molecule has 1 aliphatic carbocycles. The second-order valence-electron chi connectivity index (χ2n) is 7.22. The Balaban J connectivity index is 1.42. The minimum Gasteiger partial charge on any atom is -0.458 e. The molecule has 2 aromatic rings. The number of amides is 3. The van der Waals surface area contributed by atoms with Crippen LogP contribution >= 0.6 is 0 Å². The summed E-state index contributed by atoms with van der Waals surface area (Å²) in [7, 11) is 0. The van der Waals surface area contributed by atoms with Crippen molar-refractivity contribution in [2.24, 2.45) is 0 Å². The van der Waals surface area contributed by atoms with Gasteiger partial charge in [-0.15, -0.1) is 0 Å². The van der Waals surface area contributed by atoms with Crippen LogP contribution in [0.1, 0.15) is 37.1 Å². The third kappa shape index (κ3) is 3.02. The molecule has 9 nitrogen and oxygen atoms in total. The lowest BCUT2D eigenvalue weighted by Crippen LogP contribution is -2.44. The summed E-state index contributed by atoms with van der Waals surface area (Å²) in [5.74, 6) is -1.10. The van der Waals surface area contributed by atoms with Crippen LogP contribution in [0.2, 0.25) is 0 Å². The molecule has 0 aromatic carbocycles. The van der Waals surface area contributed by atoms with Crippen molar-refractivity contribution in [1.82, 2.24) is 19.6 Å². The number of rotatable bonds is 4. The highest BCUT2D eigenvalue weighted by molar-refractivity contribution is 6.08. The van der Waals surface area contributed by atoms with Crippen LogP contribution in [0.3, 0.4) is 0 Å². The third-order valence-electron chi connectivity index (χ3n) is 5.30. The number of carbonyl (C=O) groups excluding carboxylic acids is 3. The fourth-order valence-corrected chi connectivity index (χ4v) is 3.90. The Hall–Kier alpha value is -3.23.